The monoisotopic (exact) mass is 383 g/mol. The molecule has 0 radical (unpaired) electrons. The lowest BCUT2D eigenvalue weighted by molar-refractivity contribution is -0.144. The standard InChI is InChI=1S/C18H26BrNO3/c1-2-22-18(21)14-20-10-8-15(9-11-20)5-4-12-23-17-7-3-6-16(19)13-17/h3,6-7,13,15H,2,4-5,8-12,14H2,1H3. The van der Waals surface area contributed by atoms with Gasteiger partial charge in [0.1, 0.15) is 5.75 Å². The maximum absolute atomic E-state index is 11.5. The van der Waals surface area contributed by atoms with Gasteiger partial charge in [-0.3, -0.25) is 9.69 Å². The third-order valence-electron chi connectivity index (χ3n) is 4.19. The van der Waals surface area contributed by atoms with Gasteiger partial charge in [-0.1, -0.05) is 22.0 Å². The Balaban J connectivity index is 1.57. The summed E-state index contributed by atoms with van der Waals surface area (Å²) < 4.78 is 11.8. The van der Waals surface area contributed by atoms with Gasteiger partial charge in [0.15, 0.2) is 0 Å². The van der Waals surface area contributed by atoms with Crippen molar-refractivity contribution in [3.63, 3.8) is 0 Å². The number of carbonyl (C=O) groups is 1. The largest absolute Gasteiger partial charge is 0.494 e. The number of likely N-dealkylation sites (tertiary alicyclic amines) is 1. The Labute approximate surface area is 147 Å². The van der Waals surface area contributed by atoms with Gasteiger partial charge in [-0.2, -0.15) is 0 Å². The second-order valence-corrected chi connectivity index (χ2v) is 6.89. The number of benzene rings is 1. The number of hydrogen-bond donors (Lipinski definition) is 0. The molecule has 5 heteroatoms. The SMILES string of the molecule is CCOC(=O)CN1CCC(CCCOc2cccc(Br)c2)CC1. The number of rotatable bonds is 8. The van der Waals surface area contributed by atoms with Crippen molar-refractivity contribution in [2.45, 2.75) is 32.6 Å². The van der Waals surface area contributed by atoms with Crippen LogP contribution in [-0.4, -0.2) is 43.7 Å². The van der Waals surface area contributed by atoms with Gasteiger partial charge in [-0.25, -0.2) is 0 Å². The highest BCUT2D eigenvalue weighted by Crippen LogP contribution is 2.22. The minimum absolute atomic E-state index is 0.103. The van der Waals surface area contributed by atoms with E-state index in [2.05, 4.69) is 20.8 Å². The fraction of sp³-hybridized carbons (Fsp3) is 0.611. The van der Waals surface area contributed by atoms with E-state index < -0.39 is 0 Å². The van der Waals surface area contributed by atoms with Crippen LogP contribution in [0.2, 0.25) is 0 Å². The van der Waals surface area contributed by atoms with Gasteiger partial charge in [-0.15, -0.1) is 0 Å². The smallest absolute Gasteiger partial charge is 0.320 e. The topological polar surface area (TPSA) is 38.8 Å². The van der Waals surface area contributed by atoms with Gasteiger partial charge in [0.25, 0.3) is 0 Å². The predicted octanol–water partition coefficient (Wildman–Crippen LogP) is 3.88. The molecule has 0 bridgehead atoms. The summed E-state index contributed by atoms with van der Waals surface area (Å²) in [5.74, 6) is 1.57. The lowest BCUT2D eigenvalue weighted by Crippen LogP contribution is -2.38. The van der Waals surface area contributed by atoms with Gasteiger partial charge in [0, 0.05) is 4.47 Å². The Morgan fingerprint density at radius 2 is 2.13 bits per heavy atom. The van der Waals surface area contributed by atoms with Gasteiger partial charge >= 0.3 is 5.97 Å². The number of halogens is 1. The quantitative estimate of drug-likeness (QED) is 0.504. The van der Waals surface area contributed by atoms with E-state index in [1.54, 1.807) is 0 Å². The van der Waals surface area contributed by atoms with Crippen molar-refractivity contribution in [1.82, 2.24) is 4.90 Å². The molecule has 0 atom stereocenters. The third-order valence-corrected chi connectivity index (χ3v) is 4.68. The number of hydrogen-bond acceptors (Lipinski definition) is 4. The number of carbonyl (C=O) groups excluding carboxylic acids is 1. The van der Waals surface area contributed by atoms with Crippen LogP contribution in [-0.2, 0) is 9.53 Å². The molecule has 1 aromatic carbocycles. The van der Waals surface area contributed by atoms with Crippen molar-refractivity contribution in [2.75, 3.05) is 32.8 Å². The first-order valence-corrected chi connectivity index (χ1v) is 9.23. The molecule has 0 amide bonds. The Hall–Kier alpha value is -1.07. The Morgan fingerprint density at radius 3 is 2.83 bits per heavy atom. The molecule has 4 nitrogen and oxygen atoms in total. The van der Waals surface area contributed by atoms with Gasteiger partial charge in [0.2, 0.25) is 0 Å². The summed E-state index contributed by atoms with van der Waals surface area (Å²) in [6, 6.07) is 7.96. The average molecular weight is 384 g/mol. The van der Waals surface area contributed by atoms with Gasteiger partial charge in [0.05, 0.1) is 19.8 Å². The molecular weight excluding hydrogens is 358 g/mol. The second-order valence-electron chi connectivity index (χ2n) is 5.97. The lowest BCUT2D eigenvalue weighted by atomic mass is 9.92. The van der Waals surface area contributed by atoms with Crippen LogP contribution < -0.4 is 4.74 Å². The van der Waals surface area contributed by atoms with Crippen molar-refractivity contribution in [1.29, 1.82) is 0 Å². The van der Waals surface area contributed by atoms with E-state index in [9.17, 15) is 4.79 Å². The molecular formula is C18H26BrNO3. The highest BCUT2D eigenvalue weighted by atomic mass is 79.9. The molecule has 2 rings (SSSR count). The van der Waals surface area contributed by atoms with Crippen LogP contribution in [0.1, 0.15) is 32.6 Å². The van der Waals surface area contributed by atoms with Crippen LogP contribution in [0.3, 0.4) is 0 Å². The summed E-state index contributed by atoms with van der Waals surface area (Å²) in [7, 11) is 0. The molecule has 0 unspecified atom stereocenters. The van der Waals surface area contributed by atoms with Crippen molar-refractivity contribution < 1.29 is 14.3 Å². The zero-order valence-corrected chi connectivity index (χ0v) is 15.4. The van der Waals surface area contributed by atoms with E-state index >= 15 is 0 Å². The van der Waals surface area contributed by atoms with E-state index in [0.717, 1.165) is 55.1 Å². The van der Waals surface area contributed by atoms with Gasteiger partial charge in [-0.05, 0) is 69.8 Å². The highest BCUT2D eigenvalue weighted by molar-refractivity contribution is 9.10. The molecule has 1 saturated heterocycles. The van der Waals surface area contributed by atoms with E-state index in [0.29, 0.717) is 13.2 Å². The predicted molar refractivity (Wildman–Crippen MR) is 94.7 cm³/mol. The van der Waals surface area contributed by atoms with Crippen molar-refractivity contribution in [2.24, 2.45) is 5.92 Å². The van der Waals surface area contributed by atoms with Crippen molar-refractivity contribution in [3.8, 4) is 5.75 Å². The second kappa shape index (κ2) is 9.93. The molecule has 128 valence electrons. The van der Waals surface area contributed by atoms with Crippen LogP contribution >= 0.6 is 15.9 Å². The molecule has 23 heavy (non-hydrogen) atoms. The first-order chi connectivity index (χ1) is 11.2. The third kappa shape index (κ3) is 6.92. The molecule has 1 aromatic rings. The Kier molecular flexibility index (Phi) is 7.89. The zero-order chi connectivity index (χ0) is 16.5. The number of piperidine rings is 1. The number of esters is 1. The molecule has 1 heterocycles. The van der Waals surface area contributed by atoms with Crippen LogP contribution in [0.5, 0.6) is 5.75 Å². The molecule has 1 aliphatic rings. The first-order valence-electron chi connectivity index (χ1n) is 8.43. The van der Waals surface area contributed by atoms with E-state index in [1.165, 1.54) is 6.42 Å². The minimum Gasteiger partial charge on any atom is -0.494 e. The first kappa shape index (κ1) is 18.3. The highest BCUT2D eigenvalue weighted by Gasteiger charge is 2.20. The number of ether oxygens (including phenoxy) is 2. The molecule has 0 aromatic heterocycles. The lowest BCUT2D eigenvalue weighted by Gasteiger charge is -2.31. The molecule has 0 aliphatic carbocycles. The molecule has 0 saturated carbocycles. The zero-order valence-electron chi connectivity index (χ0n) is 13.8. The van der Waals surface area contributed by atoms with Crippen molar-refractivity contribution >= 4 is 21.9 Å². The van der Waals surface area contributed by atoms with Gasteiger partial charge < -0.3 is 9.47 Å². The van der Waals surface area contributed by atoms with Crippen LogP contribution in [0.4, 0.5) is 0 Å². The summed E-state index contributed by atoms with van der Waals surface area (Å²) in [4.78, 5) is 13.7. The van der Waals surface area contributed by atoms with E-state index in [-0.39, 0.29) is 5.97 Å². The Morgan fingerprint density at radius 1 is 1.35 bits per heavy atom. The maximum Gasteiger partial charge on any atom is 0.320 e. The van der Waals surface area contributed by atoms with E-state index in [1.807, 2.05) is 31.2 Å². The molecule has 0 spiro atoms. The maximum atomic E-state index is 11.5. The summed E-state index contributed by atoms with van der Waals surface area (Å²) in [5, 5.41) is 0. The summed E-state index contributed by atoms with van der Waals surface area (Å²) in [6.07, 6.45) is 4.60. The van der Waals surface area contributed by atoms with E-state index in [4.69, 9.17) is 9.47 Å². The van der Waals surface area contributed by atoms with Crippen LogP contribution in [0, 0.1) is 5.92 Å². The molecule has 1 fully saturated rings. The van der Waals surface area contributed by atoms with Crippen LogP contribution in [0.25, 0.3) is 0 Å². The molecule has 0 N–H and O–H groups in total. The fourth-order valence-electron chi connectivity index (χ4n) is 2.94. The summed E-state index contributed by atoms with van der Waals surface area (Å²) in [6.45, 7) is 5.51. The minimum atomic E-state index is -0.103. The van der Waals surface area contributed by atoms with Crippen molar-refractivity contribution in [3.05, 3.63) is 28.7 Å². The number of nitrogens with zero attached hydrogens (tertiary/aromatic N) is 1. The summed E-state index contributed by atoms with van der Waals surface area (Å²) in [5.41, 5.74) is 0. The fourth-order valence-corrected chi connectivity index (χ4v) is 3.32. The Bertz CT molecular complexity index is 487. The molecule has 1 aliphatic heterocycles. The average Bonchev–Trinajstić information content (AvgIpc) is 2.53. The normalized spacial score (nSPS) is 16.3. The summed E-state index contributed by atoms with van der Waals surface area (Å²) >= 11 is 3.45. The van der Waals surface area contributed by atoms with Crippen LogP contribution in [0.15, 0.2) is 28.7 Å².